The van der Waals surface area contributed by atoms with Crippen molar-refractivity contribution in [1.29, 1.82) is 0 Å². The van der Waals surface area contributed by atoms with E-state index in [4.69, 9.17) is 0 Å². The van der Waals surface area contributed by atoms with Crippen molar-refractivity contribution in [2.45, 2.75) is 20.3 Å². The van der Waals surface area contributed by atoms with Crippen LogP contribution in [0.15, 0.2) is 11.7 Å². The summed E-state index contributed by atoms with van der Waals surface area (Å²) < 4.78 is 0. The maximum atomic E-state index is 4.56. The zero-order chi connectivity index (χ0) is 11.5. The Bertz CT molecular complexity index is 454. The number of thiazole rings is 1. The molecule has 2 rings (SSSR count). The molecule has 0 amide bonds. The van der Waals surface area contributed by atoms with Crippen molar-refractivity contribution in [2.75, 3.05) is 12.4 Å². The first-order valence-electron chi connectivity index (χ1n) is 5.20. The van der Waals surface area contributed by atoms with Crippen LogP contribution in [-0.2, 0) is 6.42 Å². The molecule has 0 spiro atoms. The number of anilines is 1. The second-order valence-corrected chi connectivity index (χ2v) is 4.32. The number of hydrogen-bond acceptors (Lipinski definition) is 5. The first-order valence-corrected chi connectivity index (χ1v) is 6.08. The molecule has 16 heavy (non-hydrogen) atoms. The SMILES string of the molecule is CCc1nc(-c2cncs2)nc(NC)c1C. The van der Waals surface area contributed by atoms with Crippen molar-refractivity contribution < 1.29 is 0 Å². The molecule has 2 aromatic heterocycles. The fraction of sp³-hybridized carbons (Fsp3) is 0.364. The third-order valence-corrected chi connectivity index (χ3v) is 3.24. The first-order chi connectivity index (χ1) is 7.76. The third kappa shape index (κ3) is 1.90. The fourth-order valence-electron chi connectivity index (χ4n) is 1.59. The summed E-state index contributed by atoms with van der Waals surface area (Å²) in [6, 6.07) is 0. The van der Waals surface area contributed by atoms with Crippen molar-refractivity contribution in [3.05, 3.63) is 23.0 Å². The molecular formula is C11H14N4S. The Hall–Kier alpha value is -1.49. The molecule has 2 heterocycles. The molecule has 4 nitrogen and oxygen atoms in total. The summed E-state index contributed by atoms with van der Waals surface area (Å²) in [7, 11) is 1.88. The van der Waals surface area contributed by atoms with Gasteiger partial charge in [0.15, 0.2) is 5.82 Å². The number of nitrogens with one attached hydrogen (secondary N) is 1. The summed E-state index contributed by atoms with van der Waals surface area (Å²) in [6.07, 6.45) is 2.71. The minimum absolute atomic E-state index is 0.759. The van der Waals surface area contributed by atoms with Gasteiger partial charge in [-0.1, -0.05) is 6.92 Å². The highest BCUT2D eigenvalue weighted by atomic mass is 32.1. The average Bonchev–Trinajstić information content (AvgIpc) is 2.83. The van der Waals surface area contributed by atoms with Gasteiger partial charge in [0.1, 0.15) is 5.82 Å². The van der Waals surface area contributed by atoms with Crippen LogP contribution in [0, 0.1) is 6.92 Å². The lowest BCUT2D eigenvalue weighted by Gasteiger charge is -2.09. The van der Waals surface area contributed by atoms with E-state index in [0.717, 1.165) is 34.2 Å². The van der Waals surface area contributed by atoms with Crippen LogP contribution in [-0.4, -0.2) is 22.0 Å². The monoisotopic (exact) mass is 234 g/mol. The second kappa shape index (κ2) is 4.57. The summed E-state index contributed by atoms with van der Waals surface area (Å²) in [6.45, 7) is 4.15. The van der Waals surface area contributed by atoms with Gasteiger partial charge < -0.3 is 5.32 Å². The Balaban J connectivity index is 2.56. The van der Waals surface area contributed by atoms with Crippen LogP contribution in [0.1, 0.15) is 18.2 Å². The minimum atomic E-state index is 0.759. The Labute approximate surface area is 98.8 Å². The van der Waals surface area contributed by atoms with Crippen LogP contribution in [0.2, 0.25) is 0 Å². The third-order valence-electron chi connectivity index (χ3n) is 2.47. The number of aromatic nitrogens is 3. The molecule has 0 aliphatic rings. The number of hydrogen-bond donors (Lipinski definition) is 1. The highest BCUT2D eigenvalue weighted by molar-refractivity contribution is 7.13. The van der Waals surface area contributed by atoms with Gasteiger partial charge in [-0.2, -0.15) is 0 Å². The second-order valence-electron chi connectivity index (χ2n) is 3.44. The van der Waals surface area contributed by atoms with Crippen LogP contribution in [0.5, 0.6) is 0 Å². The molecule has 0 saturated carbocycles. The van der Waals surface area contributed by atoms with Gasteiger partial charge in [0.05, 0.1) is 10.4 Å². The molecule has 5 heteroatoms. The van der Waals surface area contributed by atoms with E-state index in [9.17, 15) is 0 Å². The van der Waals surface area contributed by atoms with Gasteiger partial charge in [0.2, 0.25) is 0 Å². The highest BCUT2D eigenvalue weighted by Gasteiger charge is 2.10. The van der Waals surface area contributed by atoms with Crippen LogP contribution in [0.3, 0.4) is 0 Å². The molecule has 0 saturated heterocycles. The molecule has 0 atom stereocenters. The van der Waals surface area contributed by atoms with E-state index in [2.05, 4.69) is 27.2 Å². The highest BCUT2D eigenvalue weighted by Crippen LogP contribution is 2.24. The maximum absolute atomic E-state index is 4.56. The molecule has 1 N–H and O–H groups in total. The summed E-state index contributed by atoms with van der Waals surface area (Å²) in [5, 5.41) is 3.11. The lowest BCUT2D eigenvalue weighted by atomic mass is 10.2. The molecule has 0 aliphatic carbocycles. The Kier molecular flexibility index (Phi) is 3.14. The van der Waals surface area contributed by atoms with Crippen molar-refractivity contribution in [1.82, 2.24) is 15.0 Å². The van der Waals surface area contributed by atoms with Gasteiger partial charge in [-0.15, -0.1) is 11.3 Å². The van der Waals surface area contributed by atoms with E-state index in [1.165, 1.54) is 0 Å². The van der Waals surface area contributed by atoms with Gasteiger partial charge in [-0.25, -0.2) is 9.97 Å². The summed E-state index contributed by atoms with van der Waals surface area (Å²) in [4.78, 5) is 14.1. The Morgan fingerprint density at radius 2 is 2.19 bits per heavy atom. The summed E-state index contributed by atoms with van der Waals surface area (Å²) >= 11 is 1.56. The predicted octanol–water partition coefficient (Wildman–Crippen LogP) is 2.51. The minimum Gasteiger partial charge on any atom is -0.373 e. The largest absolute Gasteiger partial charge is 0.373 e. The zero-order valence-corrected chi connectivity index (χ0v) is 10.4. The average molecular weight is 234 g/mol. The quantitative estimate of drug-likeness (QED) is 0.886. The summed E-state index contributed by atoms with van der Waals surface area (Å²) in [5.74, 6) is 1.66. The number of aryl methyl sites for hydroxylation is 1. The van der Waals surface area contributed by atoms with Gasteiger partial charge in [-0.3, -0.25) is 4.98 Å². The molecule has 0 bridgehead atoms. The molecule has 0 unspecified atom stereocenters. The van der Waals surface area contributed by atoms with E-state index >= 15 is 0 Å². The van der Waals surface area contributed by atoms with Crippen molar-refractivity contribution in [2.24, 2.45) is 0 Å². The van der Waals surface area contributed by atoms with E-state index < -0.39 is 0 Å². The number of rotatable bonds is 3. The van der Waals surface area contributed by atoms with E-state index in [1.54, 1.807) is 23.0 Å². The van der Waals surface area contributed by atoms with Crippen LogP contribution in [0.25, 0.3) is 10.7 Å². The predicted molar refractivity (Wildman–Crippen MR) is 66.8 cm³/mol. The molecule has 2 aromatic rings. The van der Waals surface area contributed by atoms with Gasteiger partial charge in [0, 0.05) is 24.5 Å². The Morgan fingerprint density at radius 1 is 1.38 bits per heavy atom. The van der Waals surface area contributed by atoms with Crippen LogP contribution >= 0.6 is 11.3 Å². The van der Waals surface area contributed by atoms with Crippen molar-refractivity contribution in [3.8, 4) is 10.7 Å². The fourth-order valence-corrected chi connectivity index (χ4v) is 2.14. The molecule has 0 aromatic carbocycles. The van der Waals surface area contributed by atoms with E-state index in [1.807, 2.05) is 14.0 Å². The van der Waals surface area contributed by atoms with Gasteiger partial charge in [0.25, 0.3) is 0 Å². The van der Waals surface area contributed by atoms with Crippen molar-refractivity contribution in [3.63, 3.8) is 0 Å². The van der Waals surface area contributed by atoms with E-state index in [-0.39, 0.29) is 0 Å². The lowest BCUT2D eigenvalue weighted by Crippen LogP contribution is -2.04. The maximum Gasteiger partial charge on any atom is 0.173 e. The number of nitrogens with zero attached hydrogens (tertiary/aromatic N) is 3. The van der Waals surface area contributed by atoms with Crippen LogP contribution in [0.4, 0.5) is 5.82 Å². The topological polar surface area (TPSA) is 50.7 Å². The normalized spacial score (nSPS) is 10.4. The molecule has 0 fully saturated rings. The van der Waals surface area contributed by atoms with Crippen molar-refractivity contribution >= 4 is 17.2 Å². The van der Waals surface area contributed by atoms with Gasteiger partial charge in [-0.05, 0) is 13.3 Å². The zero-order valence-electron chi connectivity index (χ0n) is 9.61. The molecule has 0 aliphatic heterocycles. The lowest BCUT2D eigenvalue weighted by molar-refractivity contribution is 0.979. The van der Waals surface area contributed by atoms with Crippen LogP contribution < -0.4 is 5.32 Å². The van der Waals surface area contributed by atoms with E-state index in [0.29, 0.717) is 0 Å². The Morgan fingerprint density at radius 3 is 2.75 bits per heavy atom. The molecular weight excluding hydrogens is 220 g/mol. The molecule has 0 radical (unpaired) electrons. The first kappa shape index (κ1) is 11.0. The van der Waals surface area contributed by atoms with Gasteiger partial charge >= 0.3 is 0 Å². The molecule has 84 valence electrons. The smallest absolute Gasteiger partial charge is 0.173 e. The standard InChI is InChI=1S/C11H14N4S/c1-4-8-7(2)10(12-3)15-11(14-8)9-5-13-6-16-9/h5-6H,4H2,1-3H3,(H,12,14,15). The summed E-state index contributed by atoms with van der Waals surface area (Å²) in [5.41, 5.74) is 4.00.